The van der Waals surface area contributed by atoms with Crippen molar-refractivity contribution in [1.29, 1.82) is 0 Å². The van der Waals surface area contributed by atoms with Crippen molar-refractivity contribution in [1.82, 2.24) is 0 Å². The Hall–Kier alpha value is -1.71. The third-order valence-electron chi connectivity index (χ3n) is 3.68. The highest BCUT2D eigenvalue weighted by Gasteiger charge is 2.13. The van der Waals surface area contributed by atoms with Crippen LogP contribution in [0.5, 0.6) is 0 Å². The molecule has 0 saturated carbocycles. The fourth-order valence-corrected chi connectivity index (χ4v) is 3.16. The summed E-state index contributed by atoms with van der Waals surface area (Å²) in [4.78, 5) is 0. The van der Waals surface area contributed by atoms with Gasteiger partial charge in [-0.15, -0.1) is 0 Å². The minimum atomic E-state index is -0.262. The maximum absolute atomic E-state index is 13.4. The van der Waals surface area contributed by atoms with E-state index in [0.29, 0.717) is 6.42 Å². The first-order chi connectivity index (χ1) is 10.1. The van der Waals surface area contributed by atoms with Crippen molar-refractivity contribution in [3.63, 3.8) is 0 Å². The Morgan fingerprint density at radius 1 is 1.00 bits per heavy atom. The molecule has 0 spiro atoms. The molecule has 0 amide bonds. The molecule has 0 saturated heterocycles. The van der Waals surface area contributed by atoms with Crippen LogP contribution in [0.4, 0.5) is 4.39 Å². The summed E-state index contributed by atoms with van der Waals surface area (Å²) < 4.78 is 14.3. The monoisotopic (exact) mass is 343 g/mol. The highest BCUT2D eigenvalue weighted by Crippen LogP contribution is 2.28. The summed E-state index contributed by atoms with van der Waals surface area (Å²) in [5, 5.41) is 2.39. The molecule has 3 heteroatoms. The molecule has 3 aromatic rings. The van der Waals surface area contributed by atoms with E-state index < -0.39 is 0 Å². The normalized spacial score (nSPS) is 12.5. The van der Waals surface area contributed by atoms with Gasteiger partial charge in [-0.2, -0.15) is 0 Å². The number of halogens is 2. The summed E-state index contributed by atoms with van der Waals surface area (Å²) in [7, 11) is 0. The Morgan fingerprint density at radius 2 is 1.76 bits per heavy atom. The summed E-state index contributed by atoms with van der Waals surface area (Å²) in [5.74, 6) is -0.262. The summed E-state index contributed by atoms with van der Waals surface area (Å²) in [6.07, 6.45) is 0.670. The maximum atomic E-state index is 13.4. The van der Waals surface area contributed by atoms with Crippen molar-refractivity contribution in [2.45, 2.75) is 12.5 Å². The lowest BCUT2D eigenvalue weighted by molar-refractivity contribution is 0.618. The molecule has 2 N–H and O–H groups in total. The van der Waals surface area contributed by atoms with Gasteiger partial charge in [0.15, 0.2) is 0 Å². The van der Waals surface area contributed by atoms with Crippen molar-refractivity contribution >= 4 is 26.7 Å². The van der Waals surface area contributed by atoms with Gasteiger partial charge in [0.2, 0.25) is 0 Å². The topological polar surface area (TPSA) is 26.0 Å². The summed E-state index contributed by atoms with van der Waals surface area (Å²) in [6, 6.07) is 18.8. The average Bonchev–Trinajstić information content (AvgIpc) is 2.50. The molecule has 21 heavy (non-hydrogen) atoms. The standard InChI is InChI=1S/C18H15BrFN/c19-17-9-8-14(20)11-16(17)18(21)10-13-6-3-5-12-4-1-2-7-15(12)13/h1-9,11,18H,10,21H2. The molecule has 0 bridgehead atoms. The molecule has 3 rings (SSSR count). The molecule has 106 valence electrons. The first-order valence-corrected chi connectivity index (χ1v) is 7.61. The quantitative estimate of drug-likeness (QED) is 0.712. The fraction of sp³-hybridized carbons (Fsp3) is 0.111. The van der Waals surface area contributed by atoms with Crippen LogP contribution in [0.2, 0.25) is 0 Å². The number of fused-ring (bicyclic) bond motifs is 1. The van der Waals surface area contributed by atoms with Crippen LogP contribution in [-0.2, 0) is 6.42 Å². The number of hydrogen-bond donors (Lipinski definition) is 1. The Labute approximate surface area is 131 Å². The summed E-state index contributed by atoms with van der Waals surface area (Å²) in [5.41, 5.74) is 8.26. The molecule has 1 nitrogen and oxygen atoms in total. The van der Waals surface area contributed by atoms with Crippen molar-refractivity contribution in [2.24, 2.45) is 5.73 Å². The molecule has 0 aliphatic heterocycles. The van der Waals surface area contributed by atoms with E-state index in [4.69, 9.17) is 5.73 Å². The van der Waals surface area contributed by atoms with Gasteiger partial charge in [-0.05, 0) is 46.5 Å². The molecule has 0 radical (unpaired) electrons. The summed E-state index contributed by atoms with van der Waals surface area (Å²) >= 11 is 3.45. The van der Waals surface area contributed by atoms with Crippen LogP contribution in [0, 0.1) is 5.82 Å². The van der Waals surface area contributed by atoms with E-state index in [9.17, 15) is 4.39 Å². The molecular formula is C18H15BrFN. The molecular weight excluding hydrogens is 329 g/mol. The van der Waals surface area contributed by atoms with Crippen LogP contribution in [0.1, 0.15) is 17.2 Å². The van der Waals surface area contributed by atoms with E-state index in [0.717, 1.165) is 10.0 Å². The predicted octanol–water partition coefficient (Wildman–Crippen LogP) is 4.98. The lowest BCUT2D eigenvalue weighted by atomic mass is 9.95. The summed E-state index contributed by atoms with van der Waals surface area (Å²) in [6.45, 7) is 0. The Bertz CT molecular complexity index is 780. The second-order valence-electron chi connectivity index (χ2n) is 5.11. The van der Waals surface area contributed by atoms with Crippen LogP contribution in [0.3, 0.4) is 0 Å². The van der Waals surface area contributed by atoms with Gasteiger partial charge in [0.1, 0.15) is 5.82 Å². The van der Waals surface area contributed by atoms with Crippen molar-refractivity contribution < 1.29 is 4.39 Å². The number of benzene rings is 3. The molecule has 0 aromatic heterocycles. The van der Waals surface area contributed by atoms with E-state index in [2.05, 4.69) is 40.2 Å². The number of rotatable bonds is 3. The zero-order valence-corrected chi connectivity index (χ0v) is 13.0. The van der Waals surface area contributed by atoms with Gasteiger partial charge in [0.05, 0.1) is 0 Å². The molecule has 1 unspecified atom stereocenters. The van der Waals surface area contributed by atoms with Gasteiger partial charge >= 0.3 is 0 Å². The Balaban J connectivity index is 1.96. The maximum Gasteiger partial charge on any atom is 0.123 e. The van der Waals surface area contributed by atoms with Crippen molar-refractivity contribution in [3.05, 3.63) is 82.1 Å². The Kier molecular flexibility index (Phi) is 4.04. The molecule has 0 fully saturated rings. The van der Waals surface area contributed by atoms with E-state index in [1.54, 1.807) is 6.07 Å². The van der Waals surface area contributed by atoms with E-state index in [1.807, 2.05) is 18.2 Å². The predicted molar refractivity (Wildman–Crippen MR) is 88.7 cm³/mol. The van der Waals surface area contributed by atoms with E-state index >= 15 is 0 Å². The minimum Gasteiger partial charge on any atom is -0.324 e. The van der Waals surface area contributed by atoms with Crippen LogP contribution < -0.4 is 5.73 Å². The fourth-order valence-electron chi connectivity index (χ4n) is 2.62. The molecule has 3 aromatic carbocycles. The molecule has 0 aliphatic rings. The highest BCUT2D eigenvalue weighted by atomic mass is 79.9. The van der Waals surface area contributed by atoms with Gasteiger partial charge in [-0.3, -0.25) is 0 Å². The third-order valence-corrected chi connectivity index (χ3v) is 4.40. The Morgan fingerprint density at radius 3 is 2.62 bits per heavy atom. The van der Waals surface area contributed by atoms with Crippen LogP contribution in [0.15, 0.2) is 65.1 Å². The van der Waals surface area contributed by atoms with Gasteiger partial charge in [0, 0.05) is 10.5 Å². The van der Waals surface area contributed by atoms with Crippen LogP contribution in [-0.4, -0.2) is 0 Å². The second kappa shape index (κ2) is 5.96. The van der Waals surface area contributed by atoms with Crippen LogP contribution in [0.25, 0.3) is 10.8 Å². The highest BCUT2D eigenvalue weighted by molar-refractivity contribution is 9.10. The lowest BCUT2D eigenvalue weighted by Crippen LogP contribution is -2.14. The zero-order chi connectivity index (χ0) is 14.8. The molecule has 0 heterocycles. The zero-order valence-electron chi connectivity index (χ0n) is 11.4. The average molecular weight is 344 g/mol. The van der Waals surface area contributed by atoms with Crippen molar-refractivity contribution in [2.75, 3.05) is 0 Å². The third kappa shape index (κ3) is 2.99. The second-order valence-corrected chi connectivity index (χ2v) is 5.97. The number of nitrogens with two attached hydrogens (primary N) is 1. The van der Waals surface area contributed by atoms with E-state index in [-0.39, 0.29) is 11.9 Å². The number of hydrogen-bond acceptors (Lipinski definition) is 1. The smallest absolute Gasteiger partial charge is 0.123 e. The van der Waals surface area contributed by atoms with Gasteiger partial charge < -0.3 is 5.73 Å². The molecule has 1 atom stereocenters. The van der Waals surface area contributed by atoms with Crippen molar-refractivity contribution in [3.8, 4) is 0 Å². The first-order valence-electron chi connectivity index (χ1n) is 6.82. The molecule has 0 aliphatic carbocycles. The van der Waals surface area contributed by atoms with Gasteiger partial charge in [-0.25, -0.2) is 4.39 Å². The SMILES string of the molecule is NC(Cc1cccc2ccccc12)c1cc(F)ccc1Br. The first kappa shape index (κ1) is 14.2. The van der Waals surface area contributed by atoms with Crippen LogP contribution >= 0.6 is 15.9 Å². The van der Waals surface area contributed by atoms with Gasteiger partial charge in [0.25, 0.3) is 0 Å². The van der Waals surface area contributed by atoms with Gasteiger partial charge in [-0.1, -0.05) is 58.4 Å². The van der Waals surface area contributed by atoms with E-state index in [1.165, 1.54) is 28.5 Å². The lowest BCUT2D eigenvalue weighted by Gasteiger charge is -2.15. The largest absolute Gasteiger partial charge is 0.324 e. The minimum absolute atomic E-state index is 0.249.